The largest absolute Gasteiger partial charge is 0.507 e. The van der Waals surface area contributed by atoms with E-state index in [1.165, 1.54) is 0 Å². The number of phenolic OH excluding ortho intramolecular Hbond substituents is 1. The summed E-state index contributed by atoms with van der Waals surface area (Å²) < 4.78 is 168. The van der Waals surface area contributed by atoms with Gasteiger partial charge in [0.25, 0.3) is 0 Å². The van der Waals surface area contributed by atoms with Crippen LogP contribution >= 0.6 is 0 Å². The first kappa shape index (κ1) is 22.2. The minimum absolute atomic E-state index is 0.140. The van der Waals surface area contributed by atoms with Crippen LogP contribution in [0.3, 0.4) is 0 Å². The van der Waals surface area contributed by atoms with Crippen LogP contribution in [-0.4, -0.2) is 35.0 Å². The van der Waals surface area contributed by atoms with E-state index in [0.717, 1.165) is 6.07 Å². The van der Waals surface area contributed by atoms with Crippen LogP contribution in [0.5, 0.6) is 5.75 Å². The number of aromatic hydroxyl groups is 1. The number of alkyl halides is 13. The number of hydrogen-bond acceptors (Lipinski definition) is 1. The van der Waals surface area contributed by atoms with Crippen molar-refractivity contribution in [2.75, 3.05) is 0 Å². The Labute approximate surface area is 135 Å². The summed E-state index contributed by atoms with van der Waals surface area (Å²) in [5.74, 6) is -39.4. The van der Waals surface area contributed by atoms with E-state index in [1.54, 1.807) is 0 Å². The van der Waals surface area contributed by atoms with Crippen molar-refractivity contribution in [3.05, 3.63) is 29.8 Å². The van der Waals surface area contributed by atoms with Crippen molar-refractivity contribution in [3.63, 3.8) is 0 Å². The standard InChI is InChI=1S/C12H5F13O/c13-7(14,5-3-1-2-4-6(5)26)8(15,16)9(17,18)10(19,20)11(21,22)12(23,24)25/h1-4,26H. The van der Waals surface area contributed by atoms with Crippen LogP contribution in [0, 0.1) is 0 Å². The third-order valence-corrected chi connectivity index (χ3v) is 3.18. The van der Waals surface area contributed by atoms with Crippen molar-refractivity contribution < 1.29 is 62.2 Å². The summed E-state index contributed by atoms with van der Waals surface area (Å²) in [6.07, 6.45) is -7.46. The normalized spacial score (nSPS) is 15.3. The molecule has 0 aromatic heterocycles. The van der Waals surface area contributed by atoms with E-state index in [1.807, 2.05) is 0 Å². The molecule has 1 rings (SSSR count). The highest BCUT2D eigenvalue weighted by Gasteiger charge is 2.91. The van der Waals surface area contributed by atoms with Crippen molar-refractivity contribution in [1.29, 1.82) is 0 Å². The summed E-state index contributed by atoms with van der Waals surface area (Å²) in [5, 5.41) is 8.99. The average molecular weight is 412 g/mol. The number of benzene rings is 1. The first-order valence-corrected chi connectivity index (χ1v) is 6.01. The first-order chi connectivity index (χ1) is 11.3. The number of hydrogen-bond donors (Lipinski definition) is 1. The predicted octanol–water partition coefficient (Wildman–Crippen LogP) is 5.59. The SMILES string of the molecule is Oc1ccccc1C(F)(F)C(F)(F)C(F)(F)C(F)(F)C(F)(F)C(F)(F)F. The molecule has 1 aromatic carbocycles. The second kappa shape index (κ2) is 5.81. The molecule has 0 amide bonds. The molecule has 0 aliphatic heterocycles. The predicted molar refractivity (Wildman–Crippen MR) is 57.8 cm³/mol. The average Bonchev–Trinajstić information content (AvgIpc) is 2.45. The highest BCUT2D eigenvalue weighted by molar-refractivity contribution is 5.37. The topological polar surface area (TPSA) is 20.2 Å². The minimum Gasteiger partial charge on any atom is -0.507 e. The van der Waals surface area contributed by atoms with Gasteiger partial charge in [-0.2, -0.15) is 57.1 Å². The lowest BCUT2D eigenvalue weighted by molar-refractivity contribution is -0.441. The van der Waals surface area contributed by atoms with Crippen molar-refractivity contribution in [1.82, 2.24) is 0 Å². The molecule has 0 aliphatic carbocycles. The Morgan fingerprint density at radius 2 is 0.923 bits per heavy atom. The van der Waals surface area contributed by atoms with Gasteiger partial charge < -0.3 is 5.11 Å². The molecule has 14 heteroatoms. The van der Waals surface area contributed by atoms with Crippen molar-refractivity contribution in [3.8, 4) is 5.75 Å². The zero-order chi connectivity index (χ0) is 21.0. The van der Waals surface area contributed by atoms with Gasteiger partial charge in [0.1, 0.15) is 5.75 Å². The van der Waals surface area contributed by atoms with Gasteiger partial charge in [-0.3, -0.25) is 0 Å². The Morgan fingerprint density at radius 1 is 0.538 bits per heavy atom. The molecule has 0 heterocycles. The van der Waals surface area contributed by atoms with Crippen LogP contribution in [0.25, 0.3) is 0 Å². The van der Waals surface area contributed by atoms with E-state index < -0.39 is 47.1 Å². The molecule has 1 nitrogen and oxygen atoms in total. The lowest BCUT2D eigenvalue weighted by Crippen LogP contribution is -2.69. The Bertz CT molecular complexity index is 661. The smallest absolute Gasteiger partial charge is 0.460 e. The highest BCUT2D eigenvalue weighted by Crippen LogP contribution is 2.62. The molecule has 0 saturated heterocycles. The van der Waals surface area contributed by atoms with E-state index in [9.17, 15) is 57.1 Å². The molecule has 0 fully saturated rings. The van der Waals surface area contributed by atoms with E-state index in [2.05, 4.69) is 0 Å². The molecule has 0 bridgehead atoms. The van der Waals surface area contributed by atoms with Gasteiger partial charge in [0.15, 0.2) is 0 Å². The van der Waals surface area contributed by atoms with Crippen molar-refractivity contribution in [2.24, 2.45) is 0 Å². The van der Waals surface area contributed by atoms with Gasteiger partial charge in [-0.05, 0) is 12.1 Å². The fourth-order valence-electron chi connectivity index (χ4n) is 1.68. The Balaban J connectivity index is 3.61. The van der Waals surface area contributed by atoms with Crippen molar-refractivity contribution in [2.45, 2.75) is 35.8 Å². The summed E-state index contributed by atoms with van der Waals surface area (Å²) in [7, 11) is 0. The second-order valence-corrected chi connectivity index (χ2v) is 4.89. The zero-order valence-electron chi connectivity index (χ0n) is 11.7. The van der Waals surface area contributed by atoms with Gasteiger partial charge in [-0.25, -0.2) is 0 Å². The molecule has 26 heavy (non-hydrogen) atoms. The fourth-order valence-corrected chi connectivity index (χ4v) is 1.68. The van der Waals surface area contributed by atoms with Crippen LogP contribution in [-0.2, 0) is 5.92 Å². The Hall–Kier alpha value is -1.89. The molecule has 0 spiro atoms. The van der Waals surface area contributed by atoms with Gasteiger partial charge in [-0.15, -0.1) is 0 Å². The van der Waals surface area contributed by atoms with Gasteiger partial charge >= 0.3 is 35.8 Å². The summed E-state index contributed by atoms with van der Waals surface area (Å²) >= 11 is 0. The summed E-state index contributed by atoms with van der Waals surface area (Å²) in [4.78, 5) is 0. The maximum absolute atomic E-state index is 13.7. The molecule has 0 radical (unpaired) electrons. The number of halogens is 13. The molecule has 1 N–H and O–H groups in total. The van der Waals surface area contributed by atoms with Crippen LogP contribution in [0.2, 0.25) is 0 Å². The highest BCUT2D eigenvalue weighted by atomic mass is 19.4. The Morgan fingerprint density at radius 3 is 1.31 bits per heavy atom. The second-order valence-electron chi connectivity index (χ2n) is 4.89. The fraction of sp³-hybridized carbons (Fsp3) is 0.500. The number of phenols is 1. The van der Waals surface area contributed by atoms with Crippen LogP contribution < -0.4 is 0 Å². The van der Waals surface area contributed by atoms with Gasteiger partial charge in [0.05, 0.1) is 5.56 Å². The number of para-hydroxylation sites is 1. The van der Waals surface area contributed by atoms with Crippen molar-refractivity contribution >= 4 is 0 Å². The van der Waals surface area contributed by atoms with E-state index in [0.29, 0.717) is 6.07 Å². The quantitative estimate of drug-likeness (QED) is 0.626. The van der Waals surface area contributed by atoms with E-state index in [-0.39, 0.29) is 12.1 Å². The van der Waals surface area contributed by atoms with E-state index in [4.69, 9.17) is 5.11 Å². The molecule has 1 aromatic rings. The molecule has 0 aliphatic rings. The molecule has 0 saturated carbocycles. The summed E-state index contributed by atoms with van der Waals surface area (Å²) in [5.41, 5.74) is -2.39. The summed E-state index contributed by atoms with van der Waals surface area (Å²) in [6.45, 7) is 0. The Kier molecular flexibility index (Phi) is 4.95. The van der Waals surface area contributed by atoms with Crippen LogP contribution in [0.1, 0.15) is 5.56 Å². The van der Waals surface area contributed by atoms with Gasteiger partial charge in [0, 0.05) is 0 Å². The molecule has 0 unspecified atom stereocenters. The maximum atomic E-state index is 13.7. The zero-order valence-corrected chi connectivity index (χ0v) is 11.7. The molecule has 0 atom stereocenters. The lowest BCUT2D eigenvalue weighted by Gasteiger charge is -2.39. The third kappa shape index (κ3) is 2.73. The molecule has 150 valence electrons. The summed E-state index contributed by atoms with van der Waals surface area (Å²) in [6, 6.07) is 1.27. The minimum atomic E-state index is -7.96. The first-order valence-electron chi connectivity index (χ1n) is 6.01. The molecular formula is C12H5F13O. The maximum Gasteiger partial charge on any atom is 0.460 e. The lowest BCUT2D eigenvalue weighted by atomic mass is 9.90. The number of rotatable bonds is 5. The van der Waals surface area contributed by atoms with Crippen LogP contribution in [0.15, 0.2) is 24.3 Å². The van der Waals surface area contributed by atoms with E-state index >= 15 is 0 Å². The third-order valence-electron chi connectivity index (χ3n) is 3.18. The van der Waals surface area contributed by atoms with Crippen LogP contribution in [0.4, 0.5) is 57.1 Å². The van der Waals surface area contributed by atoms with Gasteiger partial charge in [-0.1, -0.05) is 12.1 Å². The monoisotopic (exact) mass is 412 g/mol. The van der Waals surface area contributed by atoms with Gasteiger partial charge in [0.2, 0.25) is 0 Å². The molecular weight excluding hydrogens is 407 g/mol.